The number of hydrogen-bond donors (Lipinski definition) is 1. The van der Waals surface area contributed by atoms with Gasteiger partial charge in [-0.1, -0.05) is 24.3 Å². The SMILES string of the molecule is CCOc1c(I)cc(I)cc1/C=N/NC(=O)Cn1c2ccccc2c(=O)c2ccccc21. The van der Waals surface area contributed by atoms with Gasteiger partial charge < -0.3 is 9.30 Å². The minimum Gasteiger partial charge on any atom is -0.492 e. The molecular formula is C24H19I2N3O3. The van der Waals surface area contributed by atoms with Crippen LogP contribution in [0.2, 0.25) is 0 Å². The average Bonchev–Trinajstić information content (AvgIpc) is 2.79. The molecule has 8 heteroatoms. The second-order valence-electron chi connectivity index (χ2n) is 6.98. The Morgan fingerprint density at radius 1 is 1.06 bits per heavy atom. The molecule has 0 spiro atoms. The molecular weight excluding hydrogens is 632 g/mol. The summed E-state index contributed by atoms with van der Waals surface area (Å²) in [6, 6.07) is 18.6. The number of carbonyl (C=O) groups is 1. The number of ether oxygens (including phenoxy) is 1. The largest absolute Gasteiger partial charge is 0.492 e. The minimum absolute atomic E-state index is 0.0286. The fourth-order valence-corrected chi connectivity index (χ4v) is 5.62. The topological polar surface area (TPSA) is 72.7 Å². The van der Waals surface area contributed by atoms with Crippen LogP contribution in [0.15, 0.2) is 70.6 Å². The minimum atomic E-state index is -0.293. The highest BCUT2D eigenvalue weighted by molar-refractivity contribution is 14.1. The Morgan fingerprint density at radius 3 is 2.31 bits per heavy atom. The van der Waals surface area contributed by atoms with Crippen LogP contribution in [0, 0.1) is 7.14 Å². The molecule has 0 saturated carbocycles. The van der Waals surface area contributed by atoms with Crippen molar-refractivity contribution in [2.75, 3.05) is 6.61 Å². The third-order valence-electron chi connectivity index (χ3n) is 4.90. The zero-order valence-corrected chi connectivity index (χ0v) is 21.5. The number of para-hydroxylation sites is 2. The molecule has 1 N–H and O–H groups in total. The van der Waals surface area contributed by atoms with Crippen LogP contribution in [0.5, 0.6) is 5.75 Å². The number of carbonyl (C=O) groups excluding carboxylic acids is 1. The predicted octanol–water partition coefficient (Wildman–Crippen LogP) is 4.91. The highest BCUT2D eigenvalue weighted by Crippen LogP contribution is 2.27. The van der Waals surface area contributed by atoms with E-state index in [9.17, 15) is 9.59 Å². The van der Waals surface area contributed by atoms with E-state index in [0.717, 1.165) is 18.5 Å². The molecule has 0 aliphatic heterocycles. The summed E-state index contributed by atoms with van der Waals surface area (Å²) in [5.74, 6) is 0.447. The predicted molar refractivity (Wildman–Crippen MR) is 144 cm³/mol. The molecule has 1 amide bonds. The van der Waals surface area contributed by atoms with Crippen LogP contribution in [-0.2, 0) is 11.3 Å². The molecule has 0 atom stereocenters. The average molecular weight is 651 g/mol. The third kappa shape index (κ3) is 4.65. The van der Waals surface area contributed by atoms with Crippen molar-refractivity contribution in [2.45, 2.75) is 13.5 Å². The maximum Gasteiger partial charge on any atom is 0.260 e. The highest BCUT2D eigenvalue weighted by Gasteiger charge is 2.13. The van der Waals surface area contributed by atoms with Crippen LogP contribution < -0.4 is 15.6 Å². The lowest BCUT2D eigenvalue weighted by Crippen LogP contribution is -2.25. The number of pyridine rings is 1. The van der Waals surface area contributed by atoms with E-state index in [2.05, 4.69) is 55.7 Å². The van der Waals surface area contributed by atoms with Crippen molar-refractivity contribution in [2.24, 2.45) is 5.10 Å². The van der Waals surface area contributed by atoms with Crippen molar-refractivity contribution in [1.29, 1.82) is 0 Å². The Balaban J connectivity index is 1.63. The van der Waals surface area contributed by atoms with E-state index in [1.54, 1.807) is 18.3 Å². The van der Waals surface area contributed by atoms with Gasteiger partial charge in [0.15, 0.2) is 5.43 Å². The van der Waals surface area contributed by atoms with E-state index >= 15 is 0 Å². The molecule has 32 heavy (non-hydrogen) atoms. The van der Waals surface area contributed by atoms with E-state index in [0.29, 0.717) is 28.4 Å². The van der Waals surface area contributed by atoms with E-state index in [-0.39, 0.29) is 17.9 Å². The lowest BCUT2D eigenvalue weighted by Gasteiger charge is -2.14. The molecule has 0 unspecified atom stereocenters. The quantitative estimate of drug-likeness (QED) is 0.140. The lowest BCUT2D eigenvalue weighted by atomic mass is 10.1. The first-order valence-corrected chi connectivity index (χ1v) is 12.1. The van der Waals surface area contributed by atoms with Gasteiger partial charge in [-0.05, 0) is 88.5 Å². The van der Waals surface area contributed by atoms with Gasteiger partial charge >= 0.3 is 0 Å². The molecule has 0 fully saturated rings. The lowest BCUT2D eigenvalue weighted by molar-refractivity contribution is -0.121. The zero-order chi connectivity index (χ0) is 22.7. The highest BCUT2D eigenvalue weighted by atomic mass is 127. The van der Waals surface area contributed by atoms with Gasteiger partial charge in [-0.2, -0.15) is 5.10 Å². The summed E-state index contributed by atoms with van der Waals surface area (Å²) in [7, 11) is 0. The fourth-order valence-electron chi connectivity index (χ4n) is 3.57. The number of halogens is 2. The van der Waals surface area contributed by atoms with Crippen molar-refractivity contribution in [3.05, 3.63) is 83.6 Å². The van der Waals surface area contributed by atoms with Gasteiger partial charge in [-0.25, -0.2) is 5.43 Å². The normalized spacial score (nSPS) is 11.3. The van der Waals surface area contributed by atoms with Crippen molar-refractivity contribution < 1.29 is 9.53 Å². The van der Waals surface area contributed by atoms with Crippen LogP contribution in [0.1, 0.15) is 12.5 Å². The van der Waals surface area contributed by atoms with Crippen molar-refractivity contribution in [3.63, 3.8) is 0 Å². The van der Waals surface area contributed by atoms with Gasteiger partial charge in [-0.15, -0.1) is 0 Å². The molecule has 0 aliphatic rings. The molecule has 1 aromatic heterocycles. The number of fused-ring (bicyclic) bond motifs is 2. The Labute approximate surface area is 211 Å². The van der Waals surface area contributed by atoms with E-state index in [4.69, 9.17) is 4.74 Å². The summed E-state index contributed by atoms with van der Waals surface area (Å²) in [4.78, 5) is 25.6. The number of aromatic nitrogens is 1. The van der Waals surface area contributed by atoms with E-state index in [1.807, 2.05) is 60.0 Å². The molecule has 4 aromatic rings. The molecule has 162 valence electrons. The Morgan fingerprint density at radius 2 is 1.69 bits per heavy atom. The Hall–Kier alpha value is -2.47. The molecule has 0 radical (unpaired) electrons. The van der Waals surface area contributed by atoms with Crippen molar-refractivity contribution >= 4 is 79.1 Å². The summed E-state index contributed by atoms with van der Waals surface area (Å²) in [5.41, 5.74) is 4.78. The van der Waals surface area contributed by atoms with Crippen LogP contribution in [0.25, 0.3) is 21.8 Å². The monoisotopic (exact) mass is 651 g/mol. The number of benzene rings is 3. The first kappa shape index (κ1) is 22.7. The van der Waals surface area contributed by atoms with E-state index in [1.165, 1.54) is 0 Å². The second-order valence-corrected chi connectivity index (χ2v) is 9.39. The number of hydrazone groups is 1. The van der Waals surface area contributed by atoms with Crippen molar-refractivity contribution in [3.8, 4) is 5.75 Å². The molecule has 0 bridgehead atoms. The number of amides is 1. The van der Waals surface area contributed by atoms with Gasteiger partial charge in [0.1, 0.15) is 12.3 Å². The van der Waals surface area contributed by atoms with Crippen LogP contribution in [-0.4, -0.2) is 23.3 Å². The molecule has 4 rings (SSSR count). The summed E-state index contributed by atoms with van der Waals surface area (Å²) < 4.78 is 9.61. The van der Waals surface area contributed by atoms with Crippen LogP contribution in [0.4, 0.5) is 0 Å². The number of nitrogens with zero attached hydrogens (tertiary/aromatic N) is 2. The molecule has 6 nitrogen and oxygen atoms in total. The number of rotatable bonds is 6. The second kappa shape index (κ2) is 9.99. The van der Waals surface area contributed by atoms with Gasteiger partial charge in [-0.3, -0.25) is 9.59 Å². The summed E-state index contributed by atoms with van der Waals surface area (Å²) in [5, 5.41) is 5.32. The number of nitrogens with one attached hydrogen (secondary N) is 1. The Kier molecular flexibility index (Phi) is 7.09. The summed E-state index contributed by atoms with van der Waals surface area (Å²) >= 11 is 4.46. The first-order chi connectivity index (χ1) is 15.5. The summed E-state index contributed by atoms with van der Waals surface area (Å²) in [6.07, 6.45) is 1.59. The Bertz CT molecular complexity index is 1350. The maximum atomic E-state index is 12.8. The third-order valence-corrected chi connectivity index (χ3v) is 6.32. The number of hydrogen-bond acceptors (Lipinski definition) is 4. The van der Waals surface area contributed by atoms with Gasteiger partial charge in [0.25, 0.3) is 5.91 Å². The zero-order valence-electron chi connectivity index (χ0n) is 17.1. The molecule has 1 heterocycles. The van der Waals surface area contributed by atoms with E-state index < -0.39 is 0 Å². The standard InChI is InChI=1S/C24H19I2N3O3/c1-2-32-24-15(11-16(25)12-19(24)26)13-27-28-22(30)14-29-20-9-5-3-7-17(20)23(31)18-8-4-6-10-21(18)29/h3-13H,2,14H2,1H3,(H,28,30)/b27-13+. The van der Waals surface area contributed by atoms with Gasteiger partial charge in [0.05, 0.1) is 27.4 Å². The van der Waals surface area contributed by atoms with Crippen LogP contribution >= 0.6 is 45.2 Å². The smallest absolute Gasteiger partial charge is 0.260 e. The summed E-state index contributed by atoms with van der Waals surface area (Å²) in [6.45, 7) is 2.49. The fraction of sp³-hybridized carbons (Fsp3) is 0.125. The molecule has 0 saturated heterocycles. The van der Waals surface area contributed by atoms with Crippen LogP contribution in [0.3, 0.4) is 0 Å². The molecule has 3 aromatic carbocycles. The van der Waals surface area contributed by atoms with Crippen molar-refractivity contribution in [1.82, 2.24) is 9.99 Å². The van der Waals surface area contributed by atoms with Gasteiger partial charge in [0.2, 0.25) is 0 Å². The van der Waals surface area contributed by atoms with Gasteiger partial charge in [0, 0.05) is 19.9 Å². The maximum absolute atomic E-state index is 12.8. The first-order valence-electron chi connectivity index (χ1n) is 9.93. The molecule has 0 aliphatic carbocycles.